The average Bonchev–Trinajstić information content (AvgIpc) is 2.64. The summed E-state index contributed by atoms with van der Waals surface area (Å²) in [5.74, 6) is -0.167. The van der Waals surface area contributed by atoms with Crippen LogP contribution in [0.5, 0.6) is 5.75 Å². The fourth-order valence-electron chi connectivity index (χ4n) is 2.77. The van der Waals surface area contributed by atoms with Crippen LogP contribution < -0.4 is 15.7 Å². The fraction of sp³-hybridized carbons (Fsp3) is 0.238. The highest BCUT2D eigenvalue weighted by atomic mass is 19.1. The second-order valence-corrected chi connectivity index (χ2v) is 6.49. The van der Waals surface area contributed by atoms with Crippen molar-refractivity contribution in [1.29, 1.82) is 0 Å². The third kappa shape index (κ3) is 4.53. The highest BCUT2D eigenvalue weighted by molar-refractivity contribution is 5.82. The first kappa shape index (κ1) is 18.6. The summed E-state index contributed by atoms with van der Waals surface area (Å²) in [5, 5.41) is 3.44. The molecule has 0 spiro atoms. The standard InChI is InChI=1S/C21H20FNO4/c1-13(2)17-10-21(25)27-19-9-15(7-8-16(17)19)26-12-20(24)23-11-14-5-3-4-6-18(14)22/h3-10,13H,11-12H2,1-2H3,(H,23,24). The molecule has 0 bridgehead atoms. The molecular weight excluding hydrogens is 349 g/mol. The van der Waals surface area contributed by atoms with Gasteiger partial charge in [-0.1, -0.05) is 32.0 Å². The number of carbonyl (C=O) groups excluding carboxylic acids is 1. The third-order valence-corrected chi connectivity index (χ3v) is 4.17. The van der Waals surface area contributed by atoms with Gasteiger partial charge >= 0.3 is 5.63 Å². The molecule has 3 aromatic rings. The molecular formula is C21H20FNO4. The van der Waals surface area contributed by atoms with Crippen LogP contribution in [0.2, 0.25) is 0 Å². The molecule has 0 unspecified atom stereocenters. The maximum atomic E-state index is 13.5. The van der Waals surface area contributed by atoms with E-state index in [1.54, 1.807) is 36.4 Å². The van der Waals surface area contributed by atoms with Crippen molar-refractivity contribution in [2.24, 2.45) is 0 Å². The molecule has 1 N–H and O–H groups in total. The Morgan fingerprint density at radius 2 is 1.96 bits per heavy atom. The van der Waals surface area contributed by atoms with Gasteiger partial charge in [0.2, 0.25) is 0 Å². The maximum absolute atomic E-state index is 13.5. The van der Waals surface area contributed by atoms with E-state index in [1.807, 2.05) is 13.8 Å². The predicted molar refractivity (Wildman–Crippen MR) is 100 cm³/mol. The molecule has 0 saturated heterocycles. The molecule has 2 aromatic carbocycles. The van der Waals surface area contributed by atoms with Crippen molar-refractivity contribution in [3.63, 3.8) is 0 Å². The number of nitrogens with one attached hydrogen (secondary N) is 1. The first-order valence-electron chi connectivity index (χ1n) is 8.65. The van der Waals surface area contributed by atoms with Crippen LogP contribution in [0.4, 0.5) is 4.39 Å². The number of carbonyl (C=O) groups is 1. The highest BCUT2D eigenvalue weighted by Gasteiger charge is 2.11. The molecule has 0 aliphatic rings. The van der Waals surface area contributed by atoms with Crippen LogP contribution in [0.25, 0.3) is 11.0 Å². The summed E-state index contributed by atoms with van der Waals surface area (Å²) in [6.07, 6.45) is 0. The van der Waals surface area contributed by atoms with Crippen LogP contribution in [0.1, 0.15) is 30.9 Å². The monoisotopic (exact) mass is 369 g/mol. The third-order valence-electron chi connectivity index (χ3n) is 4.17. The van der Waals surface area contributed by atoms with Crippen LogP contribution in [0.3, 0.4) is 0 Å². The molecule has 3 rings (SSSR count). The van der Waals surface area contributed by atoms with Crippen LogP contribution in [-0.4, -0.2) is 12.5 Å². The van der Waals surface area contributed by atoms with E-state index >= 15 is 0 Å². The number of fused-ring (bicyclic) bond motifs is 1. The van der Waals surface area contributed by atoms with Gasteiger partial charge in [-0.3, -0.25) is 4.79 Å². The molecule has 1 aromatic heterocycles. The Morgan fingerprint density at radius 1 is 1.19 bits per heavy atom. The summed E-state index contributed by atoms with van der Waals surface area (Å²) < 4.78 is 24.3. The molecule has 5 nitrogen and oxygen atoms in total. The Labute approximate surface area is 155 Å². The van der Waals surface area contributed by atoms with Crippen molar-refractivity contribution >= 4 is 16.9 Å². The minimum Gasteiger partial charge on any atom is -0.484 e. The lowest BCUT2D eigenvalue weighted by Crippen LogP contribution is -2.28. The van der Waals surface area contributed by atoms with E-state index < -0.39 is 5.63 Å². The summed E-state index contributed by atoms with van der Waals surface area (Å²) in [4.78, 5) is 23.7. The SMILES string of the molecule is CC(C)c1cc(=O)oc2cc(OCC(=O)NCc3ccccc3F)ccc12. The first-order chi connectivity index (χ1) is 12.9. The Bertz CT molecular complexity index is 1030. The van der Waals surface area contributed by atoms with Gasteiger partial charge in [0.05, 0.1) is 0 Å². The maximum Gasteiger partial charge on any atom is 0.336 e. The van der Waals surface area contributed by atoms with E-state index in [0.29, 0.717) is 16.9 Å². The lowest BCUT2D eigenvalue weighted by atomic mass is 10.00. The molecule has 0 radical (unpaired) electrons. The van der Waals surface area contributed by atoms with E-state index in [9.17, 15) is 14.0 Å². The molecule has 140 valence electrons. The second kappa shape index (κ2) is 8.03. The lowest BCUT2D eigenvalue weighted by molar-refractivity contribution is -0.123. The van der Waals surface area contributed by atoms with Crippen LogP contribution in [0.15, 0.2) is 57.7 Å². The van der Waals surface area contributed by atoms with Crippen molar-refractivity contribution in [2.45, 2.75) is 26.3 Å². The highest BCUT2D eigenvalue weighted by Crippen LogP contribution is 2.26. The van der Waals surface area contributed by atoms with Gasteiger partial charge in [-0.05, 0) is 29.7 Å². The summed E-state index contributed by atoms with van der Waals surface area (Å²) in [5.41, 5.74) is 1.29. The van der Waals surface area contributed by atoms with E-state index in [2.05, 4.69) is 5.32 Å². The Hall–Kier alpha value is -3.15. The van der Waals surface area contributed by atoms with Gasteiger partial charge in [-0.2, -0.15) is 0 Å². The van der Waals surface area contributed by atoms with Crippen molar-refractivity contribution in [1.82, 2.24) is 5.32 Å². The molecule has 6 heteroatoms. The van der Waals surface area contributed by atoms with Gasteiger partial charge in [0, 0.05) is 29.6 Å². The minimum atomic E-state index is -0.425. The van der Waals surface area contributed by atoms with Crippen LogP contribution in [-0.2, 0) is 11.3 Å². The number of benzene rings is 2. The summed E-state index contributed by atoms with van der Waals surface area (Å²) in [6.45, 7) is 3.85. The van der Waals surface area contributed by atoms with Crippen molar-refractivity contribution in [3.05, 3.63) is 75.9 Å². The Balaban J connectivity index is 1.65. The number of halogens is 1. The van der Waals surface area contributed by atoms with Gasteiger partial charge in [0.15, 0.2) is 6.61 Å². The minimum absolute atomic E-state index is 0.0826. The molecule has 0 fully saturated rings. The average molecular weight is 369 g/mol. The van der Waals surface area contributed by atoms with Gasteiger partial charge in [-0.25, -0.2) is 9.18 Å². The van der Waals surface area contributed by atoms with Gasteiger partial charge in [-0.15, -0.1) is 0 Å². The van der Waals surface area contributed by atoms with E-state index in [0.717, 1.165) is 10.9 Å². The van der Waals surface area contributed by atoms with Crippen molar-refractivity contribution in [3.8, 4) is 5.75 Å². The van der Waals surface area contributed by atoms with Gasteiger partial charge < -0.3 is 14.5 Å². The molecule has 27 heavy (non-hydrogen) atoms. The number of rotatable bonds is 6. The molecule has 1 amide bonds. The molecule has 0 aliphatic carbocycles. The number of hydrogen-bond donors (Lipinski definition) is 1. The molecule has 0 aliphatic heterocycles. The van der Waals surface area contributed by atoms with E-state index in [4.69, 9.17) is 9.15 Å². The largest absolute Gasteiger partial charge is 0.484 e. The van der Waals surface area contributed by atoms with E-state index in [-0.39, 0.29) is 30.8 Å². The summed E-state index contributed by atoms with van der Waals surface area (Å²) >= 11 is 0. The number of hydrogen-bond acceptors (Lipinski definition) is 4. The molecule has 0 atom stereocenters. The number of ether oxygens (including phenoxy) is 1. The normalized spacial score (nSPS) is 11.0. The van der Waals surface area contributed by atoms with Crippen LogP contribution >= 0.6 is 0 Å². The molecule has 0 saturated carbocycles. The topological polar surface area (TPSA) is 68.5 Å². The quantitative estimate of drug-likeness (QED) is 0.672. The Kier molecular flexibility index (Phi) is 5.54. The summed E-state index contributed by atoms with van der Waals surface area (Å²) in [6, 6.07) is 12.8. The van der Waals surface area contributed by atoms with Crippen molar-refractivity contribution in [2.75, 3.05) is 6.61 Å². The zero-order chi connectivity index (χ0) is 19.4. The van der Waals surface area contributed by atoms with Gasteiger partial charge in [0.25, 0.3) is 5.91 Å². The van der Waals surface area contributed by atoms with Gasteiger partial charge in [0.1, 0.15) is 17.1 Å². The fourth-order valence-corrected chi connectivity index (χ4v) is 2.77. The molecule has 1 heterocycles. The zero-order valence-corrected chi connectivity index (χ0v) is 15.1. The van der Waals surface area contributed by atoms with Crippen LogP contribution in [0, 0.1) is 5.82 Å². The van der Waals surface area contributed by atoms with Crippen molar-refractivity contribution < 1.29 is 18.3 Å². The predicted octanol–water partition coefficient (Wildman–Crippen LogP) is 3.75. The first-order valence-corrected chi connectivity index (χ1v) is 8.65. The zero-order valence-electron chi connectivity index (χ0n) is 15.1. The number of amides is 1. The summed E-state index contributed by atoms with van der Waals surface area (Å²) in [7, 11) is 0. The second-order valence-electron chi connectivity index (χ2n) is 6.49. The lowest BCUT2D eigenvalue weighted by Gasteiger charge is -2.11. The smallest absolute Gasteiger partial charge is 0.336 e. The van der Waals surface area contributed by atoms with E-state index in [1.165, 1.54) is 12.1 Å². The Morgan fingerprint density at radius 3 is 2.70 bits per heavy atom.